The van der Waals surface area contributed by atoms with Crippen LogP contribution in [-0.4, -0.2) is 49.1 Å². The molecule has 2 atom stereocenters. The number of likely N-dealkylation sites (tertiary alicyclic amines) is 1. The minimum absolute atomic E-state index is 0.00334. The number of hydrogen-bond acceptors (Lipinski definition) is 3. The molecule has 0 aromatic carbocycles. The summed E-state index contributed by atoms with van der Waals surface area (Å²) in [6.45, 7) is 14.8. The van der Waals surface area contributed by atoms with E-state index in [4.69, 9.17) is 0 Å². The number of nitrogens with zero attached hydrogens (tertiary/aromatic N) is 1. The van der Waals surface area contributed by atoms with Gasteiger partial charge in [0, 0.05) is 12.6 Å². The molecule has 0 radical (unpaired) electrons. The second-order valence-electron chi connectivity index (χ2n) is 6.93. The topological polar surface area (TPSA) is 44.4 Å². The number of nitrogens with one attached hydrogen (secondary N) is 2. The highest BCUT2D eigenvalue weighted by molar-refractivity contribution is 5.81. The Hall–Kier alpha value is -0.610. The molecule has 21 heavy (non-hydrogen) atoms. The fourth-order valence-electron chi connectivity index (χ4n) is 2.96. The molecule has 1 fully saturated rings. The molecular weight excluding hydrogens is 262 g/mol. The van der Waals surface area contributed by atoms with Gasteiger partial charge in [-0.2, -0.15) is 0 Å². The second-order valence-corrected chi connectivity index (χ2v) is 6.93. The van der Waals surface area contributed by atoms with E-state index in [1.807, 2.05) is 6.92 Å². The summed E-state index contributed by atoms with van der Waals surface area (Å²) in [5, 5.41) is 6.65. The van der Waals surface area contributed by atoms with Crippen LogP contribution in [0.4, 0.5) is 0 Å². The maximum Gasteiger partial charge on any atom is 0.237 e. The zero-order valence-electron chi connectivity index (χ0n) is 14.6. The first-order valence-electron chi connectivity index (χ1n) is 8.70. The van der Waals surface area contributed by atoms with E-state index in [9.17, 15) is 4.79 Å². The molecule has 0 aliphatic carbocycles. The summed E-state index contributed by atoms with van der Waals surface area (Å²) < 4.78 is 0. The number of hydrogen-bond donors (Lipinski definition) is 2. The average molecular weight is 297 g/mol. The van der Waals surface area contributed by atoms with Crippen molar-refractivity contribution in [1.29, 1.82) is 0 Å². The Morgan fingerprint density at radius 2 is 1.81 bits per heavy atom. The van der Waals surface area contributed by atoms with Gasteiger partial charge in [-0.15, -0.1) is 0 Å². The standard InChI is InChI=1S/C17H35N3O/c1-6-9-18-14(4)16-7-10-20(11-8-16)15(5)17(21)19-12-13(2)3/h13-16,18H,6-12H2,1-5H3,(H,19,21). The quantitative estimate of drug-likeness (QED) is 0.722. The number of rotatable bonds is 8. The van der Waals surface area contributed by atoms with Crippen LogP contribution in [-0.2, 0) is 4.79 Å². The summed E-state index contributed by atoms with van der Waals surface area (Å²) in [6.07, 6.45) is 3.58. The SMILES string of the molecule is CCCNC(C)C1CCN(C(C)C(=O)NCC(C)C)CC1. The Morgan fingerprint density at radius 1 is 1.19 bits per heavy atom. The van der Waals surface area contributed by atoms with E-state index in [1.165, 1.54) is 19.3 Å². The lowest BCUT2D eigenvalue weighted by Gasteiger charge is -2.37. The molecular formula is C17H35N3O. The van der Waals surface area contributed by atoms with E-state index >= 15 is 0 Å². The number of carbonyl (C=O) groups is 1. The van der Waals surface area contributed by atoms with Crippen molar-refractivity contribution in [2.45, 2.75) is 66.0 Å². The van der Waals surface area contributed by atoms with Crippen molar-refractivity contribution in [3.05, 3.63) is 0 Å². The van der Waals surface area contributed by atoms with E-state index in [1.54, 1.807) is 0 Å². The molecule has 0 aromatic heterocycles. The summed E-state index contributed by atoms with van der Waals surface area (Å²) in [6, 6.07) is 0.598. The van der Waals surface area contributed by atoms with Crippen LogP contribution in [0.2, 0.25) is 0 Å². The molecule has 1 heterocycles. The fraction of sp³-hybridized carbons (Fsp3) is 0.941. The molecule has 1 amide bonds. The van der Waals surface area contributed by atoms with Crippen molar-refractivity contribution in [3.8, 4) is 0 Å². The zero-order chi connectivity index (χ0) is 15.8. The Bertz CT molecular complexity index is 298. The van der Waals surface area contributed by atoms with Crippen LogP contribution >= 0.6 is 0 Å². The molecule has 0 bridgehead atoms. The third-order valence-corrected chi connectivity index (χ3v) is 4.61. The Labute approximate surface area is 131 Å². The Kier molecular flexibility index (Phi) is 8.27. The lowest BCUT2D eigenvalue weighted by Crippen LogP contribution is -2.50. The van der Waals surface area contributed by atoms with Crippen LogP contribution in [0.25, 0.3) is 0 Å². The molecule has 4 heteroatoms. The molecule has 124 valence electrons. The highest BCUT2D eigenvalue weighted by Crippen LogP contribution is 2.22. The first-order valence-corrected chi connectivity index (χ1v) is 8.70. The van der Waals surface area contributed by atoms with Crippen LogP contribution < -0.4 is 10.6 Å². The first kappa shape index (κ1) is 18.4. The third-order valence-electron chi connectivity index (χ3n) is 4.61. The number of piperidine rings is 1. The normalized spacial score (nSPS) is 20.5. The van der Waals surface area contributed by atoms with Gasteiger partial charge in [0.25, 0.3) is 0 Å². The van der Waals surface area contributed by atoms with Crippen molar-refractivity contribution >= 4 is 5.91 Å². The van der Waals surface area contributed by atoms with Crippen molar-refractivity contribution in [2.24, 2.45) is 11.8 Å². The summed E-state index contributed by atoms with van der Waals surface area (Å²) in [4.78, 5) is 14.5. The van der Waals surface area contributed by atoms with Gasteiger partial charge in [0.1, 0.15) is 0 Å². The van der Waals surface area contributed by atoms with Crippen molar-refractivity contribution < 1.29 is 4.79 Å². The molecule has 0 spiro atoms. The van der Waals surface area contributed by atoms with Gasteiger partial charge in [0.05, 0.1) is 6.04 Å². The summed E-state index contributed by atoms with van der Waals surface area (Å²) in [5.74, 6) is 1.44. The molecule has 0 saturated carbocycles. The molecule has 1 aliphatic heterocycles. The van der Waals surface area contributed by atoms with Crippen LogP contribution in [0.15, 0.2) is 0 Å². The summed E-state index contributed by atoms with van der Waals surface area (Å²) in [5.41, 5.74) is 0. The van der Waals surface area contributed by atoms with Crippen molar-refractivity contribution in [2.75, 3.05) is 26.2 Å². The fourth-order valence-corrected chi connectivity index (χ4v) is 2.96. The van der Waals surface area contributed by atoms with Gasteiger partial charge in [-0.1, -0.05) is 20.8 Å². The van der Waals surface area contributed by atoms with Gasteiger partial charge >= 0.3 is 0 Å². The van der Waals surface area contributed by atoms with Gasteiger partial charge in [0.15, 0.2) is 0 Å². The first-order chi connectivity index (χ1) is 9.95. The van der Waals surface area contributed by atoms with Gasteiger partial charge in [-0.05, 0) is 64.6 Å². The predicted molar refractivity (Wildman–Crippen MR) is 89.4 cm³/mol. The third kappa shape index (κ3) is 6.35. The number of carbonyl (C=O) groups excluding carboxylic acids is 1. The van der Waals surface area contributed by atoms with Gasteiger partial charge in [-0.3, -0.25) is 9.69 Å². The van der Waals surface area contributed by atoms with Gasteiger partial charge < -0.3 is 10.6 Å². The molecule has 1 rings (SSSR count). The lowest BCUT2D eigenvalue weighted by molar-refractivity contribution is -0.126. The molecule has 2 N–H and O–H groups in total. The smallest absolute Gasteiger partial charge is 0.237 e. The molecule has 2 unspecified atom stereocenters. The van der Waals surface area contributed by atoms with Gasteiger partial charge in [-0.25, -0.2) is 0 Å². The Balaban J connectivity index is 2.32. The summed E-state index contributed by atoms with van der Waals surface area (Å²) in [7, 11) is 0. The summed E-state index contributed by atoms with van der Waals surface area (Å²) >= 11 is 0. The maximum atomic E-state index is 12.1. The lowest BCUT2D eigenvalue weighted by atomic mass is 9.89. The van der Waals surface area contributed by atoms with Crippen LogP contribution in [0.1, 0.15) is 53.9 Å². The van der Waals surface area contributed by atoms with Crippen LogP contribution in [0.5, 0.6) is 0 Å². The molecule has 0 aromatic rings. The molecule has 1 aliphatic rings. The largest absolute Gasteiger partial charge is 0.354 e. The van der Waals surface area contributed by atoms with E-state index in [0.29, 0.717) is 12.0 Å². The monoisotopic (exact) mass is 297 g/mol. The van der Waals surface area contributed by atoms with E-state index < -0.39 is 0 Å². The minimum Gasteiger partial charge on any atom is -0.354 e. The van der Waals surface area contributed by atoms with Gasteiger partial charge in [0.2, 0.25) is 5.91 Å². The van der Waals surface area contributed by atoms with E-state index in [-0.39, 0.29) is 11.9 Å². The highest BCUT2D eigenvalue weighted by Gasteiger charge is 2.28. The predicted octanol–water partition coefficient (Wildman–Crippen LogP) is 2.25. The number of amides is 1. The minimum atomic E-state index is 0.00334. The molecule has 4 nitrogen and oxygen atoms in total. The van der Waals surface area contributed by atoms with Crippen molar-refractivity contribution in [1.82, 2.24) is 15.5 Å². The van der Waals surface area contributed by atoms with Crippen LogP contribution in [0.3, 0.4) is 0 Å². The Morgan fingerprint density at radius 3 is 2.33 bits per heavy atom. The second kappa shape index (κ2) is 9.42. The highest BCUT2D eigenvalue weighted by atomic mass is 16.2. The van der Waals surface area contributed by atoms with Crippen LogP contribution in [0, 0.1) is 11.8 Å². The van der Waals surface area contributed by atoms with E-state index in [0.717, 1.165) is 32.1 Å². The maximum absolute atomic E-state index is 12.1. The van der Waals surface area contributed by atoms with Crippen molar-refractivity contribution in [3.63, 3.8) is 0 Å². The van der Waals surface area contributed by atoms with E-state index in [2.05, 4.69) is 43.2 Å². The zero-order valence-corrected chi connectivity index (χ0v) is 14.6. The molecule has 1 saturated heterocycles. The average Bonchev–Trinajstić information content (AvgIpc) is 2.49.